The Morgan fingerprint density at radius 1 is 1.25 bits per heavy atom. The van der Waals surface area contributed by atoms with Crippen LogP contribution < -0.4 is 15.4 Å². The van der Waals surface area contributed by atoms with Gasteiger partial charge in [0.2, 0.25) is 21.8 Å². The minimum Gasteiger partial charge on any atom is -0.357 e. The Balaban J connectivity index is 2.03. The van der Waals surface area contributed by atoms with Gasteiger partial charge in [0.05, 0.1) is 11.4 Å². The van der Waals surface area contributed by atoms with Gasteiger partial charge in [0, 0.05) is 25.2 Å². The Labute approximate surface area is 164 Å². The fraction of sp³-hybridized carbons (Fsp3) is 0.500. The van der Waals surface area contributed by atoms with E-state index >= 15 is 0 Å². The first kappa shape index (κ1) is 21.8. The highest BCUT2D eigenvalue weighted by molar-refractivity contribution is 7.89. The first-order valence-corrected chi connectivity index (χ1v) is 10.6. The summed E-state index contributed by atoms with van der Waals surface area (Å²) in [7, 11) is -2.22. The van der Waals surface area contributed by atoms with Gasteiger partial charge in [-0.25, -0.2) is 13.1 Å². The average molecular weight is 410 g/mol. The van der Waals surface area contributed by atoms with Crippen LogP contribution in [0.1, 0.15) is 37.0 Å². The summed E-state index contributed by atoms with van der Waals surface area (Å²) in [5.74, 6) is -1.15. The van der Waals surface area contributed by atoms with Crippen LogP contribution in [0.2, 0.25) is 0 Å². The molecule has 2 rings (SSSR count). The maximum Gasteiger partial charge on any atom is 0.251 e. The van der Waals surface area contributed by atoms with Gasteiger partial charge in [-0.1, -0.05) is 6.07 Å². The van der Waals surface area contributed by atoms with Crippen LogP contribution in [0.5, 0.6) is 0 Å². The molecule has 1 aromatic carbocycles. The Morgan fingerprint density at radius 3 is 2.61 bits per heavy atom. The summed E-state index contributed by atoms with van der Waals surface area (Å²) in [5, 5.41) is 5.03. The fourth-order valence-corrected chi connectivity index (χ4v) is 4.34. The van der Waals surface area contributed by atoms with Gasteiger partial charge in [-0.2, -0.15) is 0 Å². The standard InChI is InChI=1S/C18H26N4O5S/c1-12(2)21-28(26,27)14-7-4-6-13(10-14)17(24)20-11-16(23)22-9-5-8-15(22)18(25)19-3/h4,6-7,10,12,15,21H,5,8-9,11H2,1-3H3,(H,19,25)(H,20,24). The van der Waals surface area contributed by atoms with E-state index in [2.05, 4.69) is 15.4 Å². The molecule has 3 N–H and O–H groups in total. The molecule has 1 aliphatic heterocycles. The van der Waals surface area contributed by atoms with E-state index in [4.69, 9.17) is 0 Å². The van der Waals surface area contributed by atoms with E-state index in [-0.39, 0.29) is 34.9 Å². The minimum atomic E-state index is -3.73. The summed E-state index contributed by atoms with van der Waals surface area (Å²) < 4.78 is 26.9. The lowest BCUT2D eigenvalue weighted by Crippen LogP contribution is -2.48. The summed E-state index contributed by atoms with van der Waals surface area (Å²) in [5.41, 5.74) is 0.128. The Bertz CT molecular complexity index is 853. The van der Waals surface area contributed by atoms with E-state index in [9.17, 15) is 22.8 Å². The second-order valence-corrected chi connectivity index (χ2v) is 8.56. The fourth-order valence-electron chi connectivity index (χ4n) is 3.05. The first-order chi connectivity index (χ1) is 13.2. The quantitative estimate of drug-likeness (QED) is 0.576. The Morgan fingerprint density at radius 2 is 1.96 bits per heavy atom. The number of hydrogen-bond donors (Lipinski definition) is 3. The van der Waals surface area contributed by atoms with E-state index in [0.29, 0.717) is 13.0 Å². The van der Waals surface area contributed by atoms with Crippen molar-refractivity contribution in [3.63, 3.8) is 0 Å². The highest BCUT2D eigenvalue weighted by Crippen LogP contribution is 2.17. The maximum atomic E-state index is 12.4. The van der Waals surface area contributed by atoms with Gasteiger partial charge < -0.3 is 15.5 Å². The van der Waals surface area contributed by atoms with E-state index in [0.717, 1.165) is 6.42 Å². The van der Waals surface area contributed by atoms with Crippen molar-refractivity contribution in [2.24, 2.45) is 0 Å². The van der Waals surface area contributed by atoms with Gasteiger partial charge in [-0.05, 0) is 44.9 Å². The SMILES string of the molecule is CNC(=O)C1CCCN1C(=O)CNC(=O)c1cccc(S(=O)(=O)NC(C)C)c1. The summed E-state index contributed by atoms with van der Waals surface area (Å²) in [6.45, 7) is 3.59. The van der Waals surface area contributed by atoms with E-state index in [1.165, 1.54) is 36.2 Å². The molecular formula is C18H26N4O5S. The molecule has 0 aromatic heterocycles. The second-order valence-electron chi connectivity index (χ2n) is 6.85. The largest absolute Gasteiger partial charge is 0.357 e. The highest BCUT2D eigenvalue weighted by atomic mass is 32.2. The smallest absolute Gasteiger partial charge is 0.251 e. The van der Waals surface area contributed by atoms with Crippen molar-refractivity contribution in [1.82, 2.24) is 20.3 Å². The van der Waals surface area contributed by atoms with Crippen LogP contribution in [-0.2, 0) is 19.6 Å². The summed E-state index contributed by atoms with van der Waals surface area (Å²) in [6.07, 6.45) is 1.31. The summed E-state index contributed by atoms with van der Waals surface area (Å²) >= 11 is 0. The third-order valence-corrected chi connectivity index (χ3v) is 5.98. The molecule has 1 saturated heterocycles. The van der Waals surface area contributed by atoms with E-state index in [1.807, 2.05) is 0 Å². The average Bonchev–Trinajstić information content (AvgIpc) is 3.14. The van der Waals surface area contributed by atoms with E-state index in [1.54, 1.807) is 13.8 Å². The molecule has 0 spiro atoms. The van der Waals surface area contributed by atoms with Crippen LogP contribution in [0, 0.1) is 0 Å². The summed E-state index contributed by atoms with van der Waals surface area (Å²) in [4.78, 5) is 38.0. The molecule has 1 aliphatic rings. The van der Waals surface area contributed by atoms with Gasteiger partial charge >= 0.3 is 0 Å². The molecule has 0 saturated carbocycles. The van der Waals surface area contributed by atoms with Crippen molar-refractivity contribution in [2.75, 3.05) is 20.1 Å². The number of benzene rings is 1. The van der Waals surface area contributed by atoms with Crippen molar-refractivity contribution < 1.29 is 22.8 Å². The number of carbonyl (C=O) groups excluding carboxylic acids is 3. The highest BCUT2D eigenvalue weighted by Gasteiger charge is 2.33. The van der Waals surface area contributed by atoms with Gasteiger partial charge in [0.1, 0.15) is 6.04 Å². The van der Waals surface area contributed by atoms with Crippen LogP contribution in [0.15, 0.2) is 29.2 Å². The predicted octanol–water partition coefficient (Wildman–Crippen LogP) is -0.160. The molecule has 1 atom stereocenters. The zero-order chi connectivity index (χ0) is 20.9. The van der Waals surface area contributed by atoms with Crippen LogP contribution >= 0.6 is 0 Å². The molecule has 10 heteroatoms. The maximum absolute atomic E-state index is 12.4. The molecule has 154 valence electrons. The second kappa shape index (κ2) is 9.16. The van der Waals surface area contributed by atoms with Crippen molar-refractivity contribution in [3.8, 4) is 0 Å². The molecule has 3 amide bonds. The number of carbonyl (C=O) groups is 3. The molecule has 0 aliphatic carbocycles. The van der Waals surface area contributed by atoms with Crippen LogP contribution in [0.4, 0.5) is 0 Å². The monoisotopic (exact) mass is 410 g/mol. The topological polar surface area (TPSA) is 125 Å². The van der Waals surface area contributed by atoms with Crippen LogP contribution in [-0.4, -0.2) is 63.3 Å². The molecular weight excluding hydrogens is 384 g/mol. The molecule has 1 unspecified atom stereocenters. The number of likely N-dealkylation sites (N-methyl/N-ethyl adjacent to an activating group) is 1. The van der Waals surface area contributed by atoms with E-state index < -0.39 is 22.0 Å². The summed E-state index contributed by atoms with van der Waals surface area (Å²) in [6, 6.07) is 4.78. The number of amides is 3. The normalized spacial score (nSPS) is 16.9. The van der Waals surface area contributed by atoms with Crippen molar-refractivity contribution in [1.29, 1.82) is 0 Å². The lowest BCUT2D eigenvalue weighted by atomic mass is 10.2. The van der Waals surface area contributed by atoms with Gasteiger partial charge in [0.25, 0.3) is 5.91 Å². The number of nitrogens with zero attached hydrogens (tertiary/aromatic N) is 1. The number of hydrogen-bond acceptors (Lipinski definition) is 5. The molecule has 0 radical (unpaired) electrons. The lowest BCUT2D eigenvalue weighted by Gasteiger charge is -2.23. The zero-order valence-corrected chi connectivity index (χ0v) is 17.0. The van der Waals surface area contributed by atoms with Gasteiger partial charge in [0.15, 0.2) is 0 Å². The zero-order valence-electron chi connectivity index (χ0n) is 16.2. The Hall–Kier alpha value is -2.46. The molecule has 0 bridgehead atoms. The predicted molar refractivity (Wildman–Crippen MR) is 103 cm³/mol. The minimum absolute atomic E-state index is 0.0283. The first-order valence-electron chi connectivity index (χ1n) is 9.07. The lowest BCUT2D eigenvalue weighted by molar-refractivity contribution is -0.137. The molecule has 9 nitrogen and oxygen atoms in total. The number of rotatable bonds is 7. The molecule has 1 fully saturated rings. The van der Waals surface area contributed by atoms with Crippen LogP contribution in [0.25, 0.3) is 0 Å². The van der Waals surface area contributed by atoms with Crippen molar-refractivity contribution in [3.05, 3.63) is 29.8 Å². The number of nitrogens with one attached hydrogen (secondary N) is 3. The van der Waals surface area contributed by atoms with Crippen molar-refractivity contribution in [2.45, 2.75) is 43.7 Å². The van der Waals surface area contributed by atoms with Crippen LogP contribution in [0.3, 0.4) is 0 Å². The van der Waals surface area contributed by atoms with Gasteiger partial charge in [-0.3, -0.25) is 14.4 Å². The number of sulfonamides is 1. The molecule has 1 heterocycles. The van der Waals surface area contributed by atoms with Crippen molar-refractivity contribution >= 4 is 27.7 Å². The van der Waals surface area contributed by atoms with Gasteiger partial charge in [-0.15, -0.1) is 0 Å². The molecule has 1 aromatic rings. The third kappa shape index (κ3) is 5.29. The number of likely N-dealkylation sites (tertiary alicyclic amines) is 1. The third-order valence-electron chi connectivity index (χ3n) is 4.32. The molecule has 28 heavy (non-hydrogen) atoms. The Kier molecular flexibility index (Phi) is 7.14.